The third-order valence-electron chi connectivity index (χ3n) is 4.06. The van der Waals surface area contributed by atoms with Crippen LogP contribution in [0.4, 0.5) is 0 Å². The average molecular weight is 403 g/mol. The predicted molar refractivity (Wildman–Crippen MR) is 108 cm³/mol. The molecule has 9 heteroatoms. The summed E-state index contributed by atoms with van der Waals surface area (Å²) < 4.78 is 1.68. The minimum atomic E-state index is -0.284. The van der Waals surface area contributed by atoms with Crippen LogP contribution in [0.25, 0.3) is 5.69 Å². The summed E-state index contributed by atoms with van der Waals surface area (Å²) in [5.74, 6) is 0.165. The van der Waals surface area contributed by atoms with Crippen LogP contribution in [0.1, 0.15) is 21.7 Å². The van der Waals surface area contributed by atoms with Crippen molar-refractivity contribution in [3.63, 3.8) is 0 Å². The zero-order valence-corrected chi connectivity index (χ0v) is 16.2. The lowest BCUT2D eigenvalue weighted by Crippen LogP contribution is -2.24. The lowest BCUT2D eigenvalue weighted by Gasteiger charge is -2.08. The molecule has 1 aromatic carbocycles. The number of hydrogen-bond acceptors (Lipinski definition) is 7. The maximum absolute atomic E-state index is 12.8. The molecule has 0 radical (unpaired) electrons. The Morgan fingerprint density at radius 1 is 0.966 bits per heavy atom. The van der Waals surface area contributed by atoms with E-state index in [9.17, 15) is 4.79 Å². The molecule has 4 rings (SSSR count). The van der Waals surface area contributed by atoms with Crippen molar-refractivity contribution in [2.45, 2.75) is 17.5 Å². The first-order valence-electron chi connectivity index (χ1n) is 8.88. The largest absolute Gasteiger partial charge is 0.347 e. The van der Waals surface area contributed by atoms with Crippen LogP contribution in [0.5, 0.6) is 0 Å². The van der Waals surface area contributed by atoms with E-state index >= 15 is 0 Å². The van der Waals surface area contributed by atoms with Gasteiger partial charge in [-0.1, -0.05) is 35.2 Å². The summed E-state index contributed by atoms with van der Waals surface area (Å²) in [6.07, 6.45) is 6.75. The predicted octanol–water partition coefficient (Wildman–Crippen LogP) is 2.67. The molecule has 0 saturated carbocycles. The molecule has 0 aliphatic carbocycles. The van der Waals surface area contributed by atoms with Gasteiger partial charge in [0.25, 0.3) is 5.91 Å². The minimum absolute atomic E-state index is 0.284. The summed E-state index contributed by atoms with van der Waals surface area (Å²) >= 11 is 1.42. The van der Waals surface area contributed by atoms with Gasteiger partial charge in [0.05, 0.1) is 11.4 Å². The SMILES string of the molecule is O=C(NCc1ccncc1)c1nnn(-c2ccccc2)c1CSc1ncccn1. The van der Waals surface area contributed by atoms with Crippen molar-refractivity contribution >= 4 is 17.7 Å². The number of hydrogen-bond donors (Lipinski definition) is 1. The van der Waals surface area contributed by atoms with Gasteiger partial charge in [-0.25, -0.2) is 14.6 Å². The molecule has 29 heavy (non-hydrogen) atoms. The highest BCUT2D eigenvalue weighted by Crippen LogP contribution is 2.22. The van der Waals surface area contributed by atoms with Crippen molar-refractivity contribution in [1.29, 1.82) is 0 Å². The molecule has 0 saturated heterocycles. The zero-order valence-electron chi connectivity index (χ0n) is 15.3. The third kappa shape index (κ3) is 4.64. The van der Waals surface area contributed by atoms with E-state index in [4.69, 9.17) is 0 Å². The first-order valence-corrected chi connectivity index (χ1v) is 9.87. The van der Waals surface area contributed by atoms with Crippen LogP contribution >= 0.6 is 11.8 Å². The maximum Gasteiger partial charge on any atom is 0.274 e. The first-order chi connectivity index (χ1) is 14.3. The van der Waals surface area contributed by atoms with Gasteiger partial charge in [0.15, 0.2) is 10.9 Å². The number of nitrogens with one attached hydrogen (secondary N) is 1. The van der Waals surface area contributed by atoms with Gasteiger partial charge < -0.3 is 5.32 Å². The number of nitrogens with zero attached hydrogens (tertiary/aromatic N) is 6. The first kappa shape index (κ1) is 18.8. The second-order valence-corrected chi connectivity index (χ2v) is 6.93. The molecular weight excluding hydrogens is 386 g/mol. The zero-order chi connectivity index (χ0) is 19.9. The van der Waals surface area contributed by atoms with E-state index in [1.807, 2.05) is 42.5 Å². The van der Waals surface area contributed by atoms with E-state index in [0.717, 1.165) is 11.3 Å². The molecule has 0 spiro atoms. The van der Waals surface area contributed by atoms with Crippen LogP contribution in [0.3, 0.4) is 0 Å². The monoisotopic (exact) mass is 403 g/mol. The maximum atomic E-state index is 12.8. The van der Waals surface area contributed by atoms with Crippen LogP contribution in [0.2, 0.25) is 0 Å². The third-order valence-corrected chi connectivity index (χ3v) is 4.95. The highest BCUT2D eigenvalue weighted by atomic mass is 32.2. The second kappa shape index (κ2) is 9.07. The molecule has 0 aliphatic heterocycles. The molecule has 0 bridgehead atoms. The number of thioether (sulfide) groups is 1. The smallest absolute Gasteiger partial charge is 0.274 e. The molecule has 0 unspecified atom stereocenters. The van der Waals surface area contributed by atoms with Crippen molar-refractivity contribution in [3.05, 3.63) is 90.3 Å². The summed E-state index contributed by atoms with van der Waals surface area (Å²) in [5.41, 5.74) is 2.75. The number of amides is 1. The Morgan fingerprint density at radius 3 is 2.48 bits per heavy atom. The van der Waals surface area contributed by atoms with E-state index < -0.39 is 0 Å². The normalized spacial score (nSPS) is 10.6. The quantitative estimate of drug-likeness (QED) is 0.374. The van der Waals surface area contributed by atoms with Gasteiger partial charge in [-0.2, -0.15) is 0 Å². The topological polar surface area (TPSA) is 98.5 Å². The molecule has 144 valence electrons. The molecule has 1 N–H and O–H groups in total. The van der Waals surface area contributed by atoms with Gasteiger partial charge in [0.2, 0.25) is 0 Å². The Bertz CT molecular complexity index is 1070. The fraction of sp³-hybridized carbons (Fsp3) is 0.100. The fourth-order valence-corrected chi connectivity index (χ4v) is 3.44. The van der Waals surface area contributed by atoms with Gasteiger partial charge in [0.1, 0.15) is 0 Å². The van der Waals surface area contributed by atoms with Crippen LogP contribution in [0, 0.1) is 0 Å². The number of pyridine rings is 1. The highest BCUT2D eigenvalue weighted by Gasteiger charge is 2.21. The number of benzene rings is 1. The average Bonchev–Trinajstić information content (AvgIpc) is 3.22. The Balaban J connectivity index is 1.58. The summed E-state index contributed by atoms with van der Waals surface area (Å²) in [5, 5.41) is 11.9. The van der Waals surface area contributed by atoms with Crippen molar-refractivity contribution in [1.82, 2.24) is 35.3 Å². The second-order valence-electron chi connectivity index (χ2n) is 5.99. The van der Waals surface area contributed by atoms with Crippen LogP contribution in [-0.2, 0) is 12.3 Å². The van der Waals surface area contributed by atoms with Crippen molar-refractivity contribution in [2.75, 3.05) is 0 Å². The number of aromatic nitrogens is 6. The molecule has 0 atom stereocenters. The van der Waals surface area contributed by atoms with Gasteiger partial charge in [0, 0.05) is 37.1 Å². The minimum Gasteiger partial charge on any atom is -0.347 e. The van der Waals surface area contributed by atoms with E-state index in [-0.39, 0.29) is 11.6 Å². The summed E-state index contributed by atoms with van der Waals surface area (Å²) in [7, 11) is 0. The molecule has 0 aliphatic rings. The molecule has 1 amide bonds. The van der Waals surface area contributed by atoms with E-state index in [2.05, 4.69) is 30.6 Å². The van der Waals surface area contributed by atoms with E-state index in [1.165, 1.54) is 11.8 Å². The molecular formula is C20H17N7OS. The Hall–Kier alpha value is -3.59. The molecule has 8 nitrogen and oxygen atoms in total. The molecule has 4 aromatic rings. The van der Waals surface area contributed by atoms with E-state index in [0.29, 0.717) is 23.1 Å². The molecule has 3 aromatic heterocycles. The highest BCUT2D eigenvalue weighted by molar-refractivity contribution is 7.98. The van der Waals surface area contributed by atoms with Crippen LogP contribution in [0.15, 0.2) is 78.5 Å². The molecule has 0 fully saturated rings. The van der Waals surface area contributed by atoms with Crippen molar-refractivity contribution < 1.29 is 4.79 Å². The standard InChI is InChI=1S/C20H17N7OS/c28-19(24-13-15-7-11-21-12-8-15)18-17(14-29-20-22-9-4-10-23-20)27(26-25-18)16-5-2-1-3-6-16/h1-12H,13-14H2,(H,24,28). The van der Waals surface area contributed by atoms with Gasteiger partial charge in [-0.05, 0) is 35.9 Å². The van der Waals surface area contributed by atoms with Gasteiger partial charge in [-0.15, -0.1) is 5.10 Å². The Morgan fingerprint density at radius 2 is 1.72 bits per heavy atom. The van der Waals surface area contributed by atoms with Gasteiger partial charge in [-0.3, -0.25) is 9.78 Å². The summed E-state index contributed by atoms with van der Waals surface area (Å²) in [6.45, 7) is 0.383. The van der Waals surface area contributed by atoms with Crippen molar-refractivity contribution in [2.24, 2.45) is 0 Å². The number of para-hydroxylation sites is 1. The van der Waals surface area contributed by atoms with Crippen LogP contribution < -0.4 is 5.32 Å². The summed E-state index contributed by atoms with van der Waals surface area (Å²) in [6, 6.07) is 15.1. The summed E-state index contributed by atoms with van der Waals surface area (Å²) in [4.78, 5) is 25.2. The fourth-order valence-electron chi connectivity index (χ4n) is 2.64. The lowest BCUT2D eigenvalue weighted by molar-refractivity contribution is 0.0945. The number of carbonyl (C=O) groups excluding carboxylic acids is 1. The number of rotatable bonds is 7. The van der Waals surface area contributed by atoms with E-state index in [1.54, 1.807) is 35.5 Å². The lowest BCUT2D eigenvalue weighted by atomic mass is 10.2. The Kier molecular flexibility index (Phi) is 5.87. The van der Waals surface area contributed by atoms with Crippen molar-refractivity contribution in [3.8, 4) is 5.69 Å². The number of carbonyl (C=O) groups is 1. The van der Waals surface area contributed by atoms with Gasteiger partial charge >= 0.3 is 0 Å². The molecule has 3 heterocycles. The van der Waals surface area contributed by atoms with Crippen LogP contribution in [-0.4, -0.2) is 35.9 Å². The Labute approximate surface area is 171 Å².